The molecule has 3 rings (SSSR count). The van der Waals surface area contributed by atoms with Crippen molar-refractivity contribution in [1.29, 1.82) is 0 Å². The number of aromatic nitrogens is 3. The number of halogens is 2. The van der Waals surface area contributed by atoms with Crippen molar-refractivity contribution < 1.29 is 4.79 Å². The summed E-state index contributed by atoms with van der Waals surface area (Å²) in [7, 11) is 1.84. The van der Waals surface area contributed by atoms with Crippen molar-refractivity contribution in [2.75, 3.05) is 25.5 Å². The first-order chi connectivity index (χ1) is 11.1. The number of carbonyl (C=O) groups excluding carboxylic acids is 1. The van der Waals surface area contributed by atoms with Crippen LogP contribution in [0, 0.1) is 6.92 Å². The first-order valence-electron chi connectivity index (χ1n) is 7.75. The van der Waals surface area contributed by atoms with Gasteiger partial charge in [0, 0.05) is 36.4 Å². The fourth-order valence-corrected chi connectivity index (χ4v) is 3.06. The Bertz CT molecular complexity index is 725. The Morgan fingerprint density at radius 3 is 2.67 bits per heavy atom. The Morgan fingerprint density at radius 2 is 2.00 bits per heavy atom. The molecule has 2 aromatic rings. The van der Waals surface area contributed by atoms with Crippen molar-refractivity contribution in [2.24, 2.45) is 0 Å². The van der Waals surface area contributed by atoms with Gasteiger partial charge in [0.25, 0.3) is 0 Å². The minimum Gasteiger partial charge on any atom is -0.388 e. The van der Waals surface area contributed by atoms with Crippen LogP contribution >= 0.6 is 24.0 Å². The number of nitrogens with one attached hydrogen (secondary N) is 1. The molecule has 6 nitrogen and oxygen atoms in total. The van der Waals surface area contributed by atoms with Gasteiger partial charge in [-0.1, -0.05) is 11.6 Å². The maximum absolute atomic E-state index is 12.5. The monoisotopic (exact) mass is 369 g/mol. The summed E-state index contributed by atoms with van der Waals surface area (Å²) in [6, 6.07) is 5.56. The van der Waals surface area contributed by atoms with Crippen LogP contribution in [0.4, 0.5) is 5.69 Å². The van der Waals surface area contributed by atoms with Crippen LogP contribution in [0.15, 0.2) is 18.2 Å². The van der Waals surface area contributed by atoms with Gasteiger partial charge in [-0.15, -0.1) is 22.6 Å². The van der Waals surface area contributed by atoms with E-state index in [0.717, 1.165) is 43.0 Å². The molecule has 1 N–H and O–H groups in total. The lowest BCUT2D eigenvalue weighted by molar-refractivity contribution is -0.130. The minimum atomic E-state index is 0. The summed E-state index contributed by atoms with van der Waals surface area (Å²) in [5.74, 6) is 1.48. The quantitative estimate of drug-likeness (QED) is 0.899. The van der Waals surface area contributed by atoms with Crippen molar-refractivity contribution in [3.63, 3.8) is 0 Å². The van der Waals surface area contributed by atoms with Crippen LogP contribution in [0.5, 0.6) is 0 Å². The highest BCUT2D eigenvalue weighted by Gasteiger charge is 2.22. The van der Waals surface area contributed by atoms with E-state index in [1.165, 1.54) is 0 Å². The molecule has 0 saturated carbocycles. The van der Waals surface area contributed by atoms with Crippen LogP contribution in [0.2, 0.25) is 5.02 Å². The Hall–Kier alpha value is -1.79. The molecule has 0 unspecified atom stereocenters. The van der Waals surface area contributed by atoms with E-state index in [0.29, 0.717) is 10.8 Å². The molecule has 1 aromatic carbocycles. The van der Waals surface area contributed by atoms with Gasteiger partial charge < -0.3 is 14.8 Å². The fraction of sp³-hybridized carbons (Fsp3) is 0.438. The molecule has 1 aliphatic rings. The Labute approximate surface area is 152 Å². The summed E-state index contributed by atoms with van der Waals surface area (Å²) in [4.78, 5) is 14.4. The van der Waals surface area contributed by atoms with Gasteiger partial charge in [0.15, 0.2) is 5.82 Å². The molecule has 1 amide bonds. The van der Waals surface area contributed by atoms with E-state index < -0.39 is 0 Å². The number of amides is 1. The number of nitrogens with zero attached hydrogens (tertiary/aromatic N) is 4. The highest BCUT2D eigenvalue weighted by molar-refractivity contribution is 6.31. The number of likely N-dealkylation sites (tertiary alicyclic amines) is 1. The first-order valence-corrected chi connectivity index (χ1v) is 8.13. The summed E-state index contributed by atoms with van der Waals surface area (Å²) in [5, 5.41) is 12.2. The molecule has 0 bridgehead atoms. The van der Waals surface area contributed by atoms with Crippen LogP contribution in [0.1, 0.15) is 18.7 Å². The third kappa shape index (κ3) is 3.65. The SMILES string of the molecule is CNc1ccc(Cl)cc1-c1nnc(C)n1CC(=O)N1CCCC1.Cl. The average Bonchev–Trinajstić information content (AvgIpc) is 3.18. The molecule has 1 saturated heterocycles. The molecule has 130 valence electrons. The van der Waals surface area contributed by atoms with Gasteiger partial charge in [-0.2, -0.15) is 0 Å². The number of carbonyl (C=O) groups is 1. The number of aryl methyl sites for hydroxylation is 1. The zero-order chi connectivity index (χ0) is 16.4. The minimum absolute atomic E-state index is 0. The molecular formula is C16H21Cl2N5O. The molecule has 1 aromatic heterocycles. The van der Waals surface area contributed by atoms with Crippen molar-refractivity contribution in [3.8, 4) is 11.4 Å². The molecule has 0 aliphatic carbocycles. The second kappa shape index (κ2) is 7.85. The summed E-state index contributed by atoms with van der Waals surface area (Å²) in [6.45, 7) is 3.80. The second-order valence-corrected chi connectivity index (χ2v) is 6.12. The van der Waals surface area contributed by atoms with Crippen LogP contribution in [0.3, 0.4) is 0 Å². The van der Waals surface area contributed by atoms with E-state index in [2.05, 4.69) is 15.5 Å². The third-order valence-corrected chi connectivity index (χ3v) is 4.41. The normalized spacial score (nSPS) is 13.7. The largest absolute Gasteiger partial charge is 0.388 e. The van der Waals surface area contributed by atoms with Gasteiger partial charge in [0.1, 0.15) is 12.4 Å². The van der Waals surface area contributed by atoms with E-state index in [4.69, 9.17) is 11.6 Å². The maximum atomic E-state index is 12.5. The van der Waals surface area contributed by atoms with Gasteiger partial charge in [-0.25, -0.2) is 0 Å². The summed E-state index contributed by atoms with van der Waals surface area (Å²) in [5.41, 5.74) is 1.74. The van der Waals surface area contributed by atoms with Crippen molar-refractivity contribution in [3.05, 3.63) is 29.0 Å². The number of anilines is 1. The van der Waals surface area contributed by atoms with E-state index >= 15 is 0 Å². The third-order valence-electron chi connectivity index (χ3n) is 4.18. The van der Waals surface area contributed by atoms with Gasteiger partial charge in [-0.05, 0) is 38.0 Å². The van der Waals surface area contributed by atoms with E-state index in [1.54, 1.807) is 0 Å². The zero-order valence-corrected chi connectivity index (χ0v) is 15.3. The van der Waals surface area contributed by atoms with Crippen LogP contribution in [-0.2, 0) is 11.3 Å². The summed E-state index contributed by atoms with van der Waals surface area (Å²) in [6.07, 6.45) is 2.16. The molecule has 0 atom stereocenters. The van der Waals surface area contributed by atoms with Gasteiger partial charge in [0.05, 0.1) is 0 Å². The number of rotatable bonds is 4. The van der Waals surface area contributed by atoms with Gasteiger partial charge >= 0.3 is 0 Å². The molecule has 24 heavy (non-hydrogen) atoms. The van der Waals surface area contributed by atoms with Crippen LogP contribution in [-0.4, -0.2) is 45.7 Å². The van der Waals surface area contributed by atoms with E-state index in [-0.39, 0.29) is 24.9 Å². The lowest BCUT2D eigenvalue weighted by Crippen LogP contribution is -2.31. The number of hydrogen-bond donors (Lipinski definition) is 1. The molecule has 2 heterocycles. The highest BCUT2D eigenvalue weighted by atomic mass is 35.5. The molecule has 1 aliphatic heterocycles. The highest BCUT2D eigenvalue weighted by Crippen LogP contribution is 2.30. The predicted molar refractivity (Wildman–Crippen MR) is 97.8 cm³/mol. The Kier molecular flexibility index (Phi) is 6.07. The van der Waals surface area contributed by atoms with Crippen molar-refractivity contribution in [2.45, 2.75) is 26.3 Å². The van der Waals surface area contributed by atoms with E-state index in [9.17, 15) is 4.79 Å². The average molecular weight is 370 g/mol. The summed E-state index contributed by atoms with van der Waals surface area (Å²) >= 11 is 6.13. The first kappa shape index (κ1) is 18.5. The molecule has 0 spiro atoms. The topological polar surface area (TPSA) is 63.1 Å². The molecule has 1 fully saturated rings. The lowest BCUT2D eigenvalue weighted by atomic mass is 10.1. The number of hydrogen-bond acceptors (Lipinski definition) is 4. The summed E-state index contributed by atoms with van der Waals surface area (Å²) < 4.78 is 1.85. The number of benzene rings is 1. The van der Waals surface area contributed by atoms with Crippen LogP contribution in [0.25, 0.3) is 11.4 Å². The molecule has 8 heteroatoms. The molecule has 0 radical (unpaired) electrons. The van der Waals surface area contributed by atoms with Gasteiger partial charge in [0.2, 0.25) is 5.91 Å². The van der Waals surface area contributed by atoms with Gasteiger partial charge in [-0.3, -0.25) is 4.79 Å². The second-order valence-electron chi connectivity index (χ2n) is 5.68. The zero-order valence-electron chi connectivity index (χ0n) is 13.8. The predicted octanol–water partition coefficient (Wildman–Crippen LogP) is 2.99. The fourth-order valence-electron chi connectivity index (χ4n) is 2.89. The Balaban J connectivity index is 0.00000208. The van der Waals surface area contributed by atoms with E-state index in [1.807, 2.05) is 41.6 Å². The maximum Gasteiger partial charge on any atom is 0.242 e. The Morgan fingerprint density at radius 1 is 1.29 bits per heavy atom. The lowest BCUT2D eigenvalue weighted by Gasteiger charge is -2.17. The van der Waals surface area contributed by atoms with Crippen molar-refractivity contribution in [1.82, 2.24) is 19.7 Å². The smallest absolute Gasteiger partial charge is 0.242 e. The standard InChI is InChI=1S/C16H20ClN5O.ClH/c1-11-19-20-16(13-9-12(17)5-6-14(13)18-2)22(11)10-15(23)21-7-3-4-8-21;/h5-6,9,18H,3-4,7-8,10H2,1-2H3;1H. The van der Waals surface area contributed by atoms with Crippen molar-refractivity contribution >= 4 is 35.6 Å². The molecular weight excluding hydrogens is 349 g/mol. The van der Waals surface area contributed by atoms with Crippen LogP contribution < -0.4 is 5.32 Å².